The Morgan fingerprint density at radius 3 is 1.06 bits per heavy atom. The first-order valence-corrected chi connectivity index (χ1v) is 12.0. The van der Waals surface area contributed by atoms with Crippen molar-refractivity contribution in [3.63, 3.8) is 0 Å². The molecule has 0 radical (unpaired) electrons. The zero-order valence-electron chi connectivity index (χ0n) is 18.4. The minimum Gasteiger partial charge on any atom is -0.0616 e. The standard InChI is InChI=1S/C34H18/c1-3-11-25-21(9-1)23-13-5-7-19-15-18-28-32-26-12-4-2-10-22(26)24-14-6-8-20-16-17-27(34(32)30(20)24)31(25)33(28)29(19)23/h1-18H. The fourth-order valence-corrected chi connectivity index (χ4v) is 6.84. The zero-order chi connectivity index (χ0) is 22.0. The molecule has 154 valence electrons. The van der Waals surface area contributed by atoms with Gasteiger partial charge in [0.1, 0.15) is 0 Å². The number of fused-ring (bicyclic) bond motifs is 8. The van der Waals surface area contributed by atoms with E-state index < -0.39 is 0 Å². The van der Waals surface area contributed by atoms with Gasteiger partial charge >= 0.3 is 0 Å². The molecule has 0 spiro atoms. The highest BCUT2D eigenvalue weighted by Gasteiger charge is 2.21. The van der Waals surface area contributed by atoms with Crippen LogP contribution < -0.4 is 0 Å². The molecule has 0 aliphatic rings. The van der Waals surface area contributed by atoms with Crippen molar-refractivity contribution in [1.29, 1.82) is 0 Å². The Bertz CT molecular complexity index is 2080. The Morgan fingerprint density at radius 2 is 0.588 bits per heavy atom. The van der Waals surface area contributed by atoms with Crippen molar-refractivity contribution < 1.29 is 0 Å². The van der Waals surface area contributed by atoms with Gasteiger partial charge in [0.15, 0.2) is 0 Å². The number of hydrogen-bond acceptors (Lipinski definition) is 0. The van der Waals surface area contributed by atoms with Gasteiger partial charge < -0.3 is 0 Å². The van der Waals surface area contributed by atoms with E-state index in [1.54, 1.807) is 0 Å². The molecule has 0 N–H and O–H groups in total. The number of benzene rings is 9. The summed E-state index contributed by atoms with van der Waals surface area (Å²) in [6.07, 6.45) is 0. The van der Waals surface area contributed by atoms with Crippen LogP contribution in [0.5, 0.6) is 0 Å². The molecule has 0 aliphatic carbocycles. The lowest BCUT2D eigenvalue weighted by atomic mass is 9.81. The lowest BCUT2D eigenvalue weighted by Crippen LogP contribution is -1.93. The Labute approximate surface area is 195 Å². The highest BCUT2D eigenvalue weighted by Crippen LogP contribution is 2.50. The zero-order valence-corrected chi connectivity index (χ0v) is 18.4. The molecule has 0 aromatic heterocycles. The van der Waals surface area contributed by atoms with Crippen LogP contribution in [0.25, 0.3) is 86.2 Å². The largest absolute Gasteiger partial charge is 0.0616 e. The van der Waals surface area contributed by atoms with Gasteiger partial charge in [0.2, 0.25) is 0 Å². The van der Waals surface area contributed by atoms with E-state index in [2.05, 4.69) is 109 Å². The maximum Gasteiger partial charge on any atom is -0.000762 e. The molecule has 9 aromatic carbocycles. The Balaban J connectivity index is 1.80. The second kappa shape index (κ2) is 5.73. The fourth-order valence-electron chi connectivity index (χ4n) is 6.84. The second-order valence-electron chi connectivity index (χ2n) is 9.62. The smallest absolute Gasteiger partial charge is 0.000762 e. The van der Waals surface area contributed by atoms with Gasteiger partial charge in [-0.3, -0.25) is 0 Å². The molecule has 0 atom stereocenters. The van der Waals surface area contributed by atoms with E-state index in [1.807, 2.05) is 0 Å². The molecule has 9 aromatic rings. The normalized spacial score (nSPS) is 12.7. The maximum atomic E-state index is 2.37. The molecule has 0 saturated carbocycles. The van der Waals surface area contributed by atoms with Gasteiger partial charge in [0.05, 0.1) is 0 Å². The minimum atomic E-state index is 1.32. The highest BCUT2D eigenvalue weighted by molar-refractivity contribution is 6.48. The van der Waals surface area contributed by atoms with Crippen molar-refractivity contribution in [3.05, 3.63) is 109 Å². The van der Waals surface area contributed by atoms with Gasteiger partial charge in [-0.15, -0.1) is 0 Å². The monoisotopic (exact) mass is 426 g/mol. The molecule has 0 heterocycles. The van der Waals surface area contributed by atoms with E-state index >= 15 is 0 Å². The first-order valence-electron chi connectivity index (χ1n) is 12.0. The van der Waals surface area contributed by atoms with Crippen LogP contribution in [0, 0.1) is 0 Å². The molecule has 0 amide bonds. The highest BCUT2D eigenvalue weighted by atomic mass is 14.2. The predicted octanol–water partition coefficient (Wildman–Crippen LogP) is 9.79. The van der Waals surface area contributed by atoms with Crippen molar-refractivity contribution >= 4 is 86.2 Å². The van der Waals surface area contributed by atoms with Gasteiger partial charge in [-0.05, 0) is 86.2 Å². The Kier molecular flexibility index (Phi) is 2.88. The summed E-state index contributed by atoms with van der Waals surface area (Å²) in [6, 6.07) is 40.8. The van der Waals surface area contributed by atoms with Crippen molar-refractivity contribution in [3.8, 4) is 0 Å². The van der Waals surface area contributed by atoms with E-state index in [0.717, 1.165) is 0 Å². The van der Waals surface area contributed by atoms with Gasteiger partial charge in [-0.1, -0.05) is 109 Å². The van der Waals surface area contributed by atoms with Gasteiger partial charge in [-0.25, -0.2) is 0 Å². The van der Waals surface area contributed by atoms with Crippen LogP contribution in [-0.4, -0.2) is 0 Å². The quantitative estimate of drug-likeness (QED) is 0.167. The second-order valence-corrected chi connectivity index (χ2v) is 9.62. The summed E-state index contributed by atoms with van der Waals surface area (Å²) in [4.78, 5) is 0. The third-order valence-corrected chi connectivity index (χ3v) is 8.10. The molecule has 0 aliphatic heterocycles. The molecular formula is C34H18. The molecule has 34 heavy (non-hydrogen) atoms. The summed E-state index contributed by atoms with van der Waals surface area (Å²) in [5, 5.41) is 21.8. The SMILES string of the molecule is c1ccc2c(c1)c1cccc3ccc4c5c6ccccc6c6cccc7ccc(c2c4c31)c5c76. The average molecular weight is 427 g/mol. The van der Waals surface area contributed by atoms with E-state index in [1.165, 1.54) is 86.2 Å². The van der Waals surface area contributed by atoms with Crippen LogP contribution in [0.15, 0.2) is 109 Å². The molecule has 0 saturated heterocycles. The first-order chi connectivity index (χ1) is 16.9. The van der Waals surface area contributed by atoms with E-state index in [4.69, 9.17) is 0 Å². The van der Waals surface area contributed by atoms with Crippen LogP contribution in [0.2, 0.25) is 0 Å². The van der Waals surface area contributed by atoms with Crippen molar-refractivity contribution in [1.82, 2.24) is 0 Å². The summed E-state index contributed by atoms with van der Waals surface area (Å²) >= 11 is 0. The van der Waals surface area contributed by atoms with Crippen LogP contribution in [0.4, 0.5) is 0 Å². The van der Waals surface area contributed by atoms with Crippen molar-refractivity contribution in [2.24, 2.45) is 0 Å². The number of rotatable bonds is 0. The number of hydrogen-bond donors (Lipinski definition) is 0. The topological polar surface area (TPSA) is 0 Å². The third kappa shape index (κ3) is 1.82. The lowest BCUT2D eigenvalue weighted by Gasteiger charge is -2.21. The van der Waals surface area contributed by atoms with E-state index in [0.29, 0.717) is 0 Å². The molecule has 0 heteroatoms. The van der Waals surface area contributed by atoms with Gasteiger partial charge in [0, 0.05) is 0 Å². The van der Waals surface area contributed by atoms with E-state index in [-0.39, 0.29) is 0 Å². The van der Waals surface area contributed by atoms with Crippen LogP contribution in [-0.2, 0) is 0 Å². The lowest BCUT2D eigenvalue weighted by molar-refractivity contribution is 1.79. The molecule has 0 nitrogen and oxygen atoms in total. The molecule has 0 bridgehead atoms. The van der Waals surface area contributed by atoms with Crippen molar-refractivity contribution in [2.45, 2.75) is 0 Å². The Morgan fingerprint density at radius 1 is 0.206 bits per heavy atom. The molecular weight excluding hydrogens is 408 g/mol. The maximum absolute atomic E-state index is 2.37. The van der Waals surface area contributed by atoms with Crippen LogP contribution in [0.1, 0.15) is 0 Å². The Hall–Kier alpha value is -4.42. The van der Waals surface area contributed by atoms with Crippen LogP contribution >= 0.6 is 0 Å². The molecule has 9 rings (SSSR count). The van der Waals surface area contributed by atoms with E-state index in [9.17, 15) is 0 Å². The summed E-state index contributed by atoms with van der Waals surface area (Å²) in [5.74, 6) is 0. The van der Waals surface area contributed by atoms with Gasteiger partial charge in [0.25, 0.3) is 0 Å². The summed E-state index contributed by atoms with van der Waals surface area (Å²) in [7, 11) is 0. The average Bonchev–Trinajstić information content (AvgIpc) is 2.91. The third-order valence-electron chi connectivity index (χ3n) is 8.10. The van der Waals surface area contributed by atoms with Crippen molar-refractivity contribution in [2.75, 3.05) is 0 Å². The van der Waals surface area contributed by atoms with Crippen LogP contribution in [0.3, 0.4) is 0 Å². The minimum absolute atomic E-state index is 1.32. The molecule has 0 unspecified atom stereocenters. The summed E-state index contributed by atoms with van der Waals surface area (Å²) in [6.45, 7) is 0. The summed E-state index contributed by atoms with van der Waals surface area (Å²) < 4.78 is 0. The summed E-state index contributed by atoms with van der Waals surface area (Å²) in [5.41, 5.74) is 0. The predicted molar refractivity (Wildman–Crippen MR) is 149 cm³/mol. The molecule has 0 fully saturated rings. The van der Waals surface area contributed by atoms with Gasteiger partial charge in [-0.2, -0.15) is 0 Å². The fraction of sp³-hybridized carbons (Fsp3) is 0. The first kappa shape index (κ1) is 17.1.